The molecular weight excluding hydrogens is 314 g/mol. The van der Waals surface area contributed by atoms with E-state index in [0.29, 0.717) is 19.5 Å². The number of carbonyl (C=O) groups excluding carboxylic acids is 1. The van der Waals surface area contributed by atoms with E-state index < -0.39 is 10.0 Å². The third-order valence-corrected chi connectivity index (χ3v) is 4.93. The lowest BCUT2D eigenvalue weighted by molar-refractivity contribution is -0.131. The molecule has 6 nitrogen and oxygen atoms in total. The summed E-state index contributed by atoms with van der Waals surface area (Å²) in [5.74, 6) is 0.0368. The second-order valence-corrected chi connectivity index (χ2v) is 7.89. The van der Waals surface area contributed by atoms with Gasteiger partial charge >= 0.3 is 0 Å². The number of hydrogen-bond acceptors (Lipinski definition) is 3. The van der Waals surface area contributed by atoms with E-state index in [4.69, 9.17) is 0 Å². The molecular formula is C16H21N3O3S. The summed E-state index contributed by atoms with van der Waals surface area (Å²) in [4.78, 5) is 17.5. The topological polar surface area (TPSA) is 82.3 Å². The van der Waals surface area contributed by atoms with Crippen LogP contribution in [0.5, 0.6) is 0 Å². The van der Waals surface area contributed by atoms with Gasteiger partial charge in [-0.25, -0.2) is 13.1 Å². The van der Waals surface area contributed by atoms with Gasteiger partial charge < -0.3 is 9.88 Å². The molecule has 1 aromatic heterocycles. The fraction of sp³-hybridized carbons (Fsp3) is 0.438. The van der Waals surface area contributed by atoms with Crippen LogP contribution in [0.25, 0.3) is 10.9 Å². The normalized spacial score (nSPS) is 19.2. The molecule has 1 atom stereocenters. The Balaban J connectivity index is 1.68. The van der Waals surface area contributed by atoms with Gasteiger partial charge in [-0.1, -0.05) is 18.2 Å². The van der Waals surface area contributed by atoms with Gasteiger partial charge in [0.05, 0.1) is 12.7 Å². The van der Waals surface area contributed by atoms with Crippen LogP contribution in [-0.4, -0.2) is 49.6 Å². The molecule has 2 heterocycles. The van der Waals surface area contributed by atoms with Gasteiger partial charge in [-0.15, -0.1) is 0 Å². The molecule has 0 bridgehead atoms. The van der Waals surface area contributed by atoms with Crippen molar-refractivity contribution in [2.24, 2.45) is 0 Å². The number of H-pyrrole nitrogens is 1. The van der Waals surface area contributed by atoms with Crippen molar-refractivity contribution in [3.05, 3.63) is 36.0 Å². The quantitative estimate of drug-likeness (QED) is 0.882. The van der Waals surface area contributed by atoms with Crippen LogP contribution in [0.15, 0.2) is 30.5 Å². The highest BCUT2D eigenvalue weighted by Gasteiger charge is 2.25. The molecule has 3 rings (SSSR count). The first kappa shape index (κ1) is 16.0. The van der Waals surface area contributed by atoms with Gasteiger partial charge in [0.25, 0.3) is 0 Å². The third kappa shape index (κ3) is 3.92. The lowest BCUT2D eigenvalue weighted by Gasteiger charge is -2.32. The maximum absolute atomic E-state index is 12.6. The molecule has 1 fully saturated rings. The van der Waals surface area contributed by atoms with Crippen molar-refractivity contribution in [2.45, 2.75) is 25.3 Å². The molecule has 2 N–H and O–H groups in total. The molecule has 0 radical (unpaired) electrons. The number of sulfonamides is 1. The number of carbonyl (C=O) groups is 1. The number of likely N-dealkylation sites (tertiary alicyclic amines) is 1. The van der Waals surface area contributed by atoms with Gasteiger partial charge in [0.2, 0.25) is 15.9 Å². The predicted molar refractivity (Wildman–Crippen MR) is 89.6 cm³/mol. The van der Waals surface area contributed by atoms with Crippen molar-refractivity contribution < 1.29 is 13.2 Å². The Kier molecular flexibility index (Phi) is 4.41. The second-order valence-electron chi connectivity index (χ2n) is 6.11. The van der Waals surface area contributed by atoms with E-state index in [1.807, 2.05) is 30.5 Å². The van der Waals surface area contributed by atoms with Gasteiger partial charge in [0.15, 0.2) is 0 Å². The van der Waals surface area contributed by atoms with Crippen LogP contribution >= 0.6 is 0 Å². The lowest BCUT2D eigenvalue weighted by atomic mass is 10.0. The Morgan fingerprint density at radius 2 is 2.17 bits per heavy atom. The maximum atomic E-state index is 12.6. The summed E-state index contributed by atoms with van der Waals surface area (Å²) < 4.78 is 25.3. The average molecular weight is 335 g/mol. The number of piperidine rings is 1. The summed E-state index contributed by atoms with van der Waals surface area (Å²) in [6.45, 7) is 1.12. The average Bonchev–Trinajstić information content (AvgIpc) is 2.89. The van der Waals surface area contributed by atoms with E-state index >= 15 is 0 Å². The zero-order valence-electron chi connectivity index (χ0n) is 13.1. The number of aromatic amines is 1. The van der Waals surface area contributed by atoms with E-state index in [2.05, 4.69) is 9.71 Å². The zero-order valence-corrected chi connectivity index (χ0v) is 13.9. The molecule has 0 spiro atoms. The molecule has 1 aliphatic heterocycles. The van der Waals surface area contributed by atoms with E-state index in [9.17, 15) is 13.2 Å². The van der Waals surface area contributed by atoms with E-state index in [0.717, 1.165) is 35.6 Å². The molecule has 2 aromatic rings. The molecule has 0 saturated carbocycles. The highest BCUT2D eigenvalue weighted by molar-refractivity contribution is 7.88. The molecule has 1 aliphatic rings. The summed E-state index contributed by atoms with van der Waals surface area (Å²) in [5, 5.41) is 1.06. The third-order valence-electron chi connectivity index (χ3n) is 4.17. The van der Waals surface area contributed by atoms with Crippen molar-refractivity contribution in [1.82, 2.24) is 14.6 Å². The molecule has 0 aliphatic carbocycles. The van der Waals surface area contributed by atoms with Gasteiger partial charge in [-0.3, -0.25) is 4.79 Å². The highest BCUT2D eigenvalue weighted by atomic mass is 32.2. The second kappa shape index (κ2) is 6.33. The summed E-state index contributed by atoms with van der Waals surface area (Å²) >= 11 is 0. The molecule has 124 valence electrons. The number of nitrogens with zero attached hydrogens (tertiary/aromatic N) is 1. The van der Waals surface area contributed by atoms with Gasteiger partial charge in [0, 0.05) is 36.2 Å². The Bertz CT molecular complexity index is 813. The number of amides is 1. The smallest absolute Gasteiger partial charge is 0.227 e. The number of aromatic nitrogens is 1. The first-order valence-electron chi connectivity index (χ1n) is 7.72. The molecule has 1 unspecified atom stereocenters. The van der Waals surface area contributed by atoms with Crippen molar-refractivity contribution >= 4 is 26.8 Å². The zero-order chi connectivity index (χ0) is 16.4. The Hall–Kier alpha value is -1.86. The monoisotopic (exact) mass is 335 g/mol. The van der Waals surface area contributed by atoms with Crippen molar-refractivity contribution in [3.8, 4) is 0 Å². The molecule has 7 heteroatoms. The van der Waals surface area contributed by atoms with Crippen LogP contribution in [0.2, 0.25) is 0 Å². The number of fused-ring (bicyclic) bond motifs is 1. The van der Waals surface area contributed by atoms with Crippen molar-refractivity contribution in [1.29, 1.82) is 0 Å². The Morgan fingerprint density at radius 3 is 2.96 bits per heavy atom. The van der Waals surface area contributed by atoms with E-state index in [1.165, 1.54) is 0 Å². The Labute approximate surface area is 135 Å². The SMILES string of the molecule is CS(=O)(=O)NC1CCCN(C(=O)Cc2c[nH]c3ccccc23)C1. The summed E-state index contributed by atoms with van der Waals surface area (Å²) in [6.07, 6.45) is 4.94. The van der Waals surface area contributed by atoms with Crippen LogP contribution < -0.4 is 4.72 Å². The standard InChI is InChI=1S/C16H21N3O3S/c1-23(21,22)18-13-5-4-8-19(11-13)16(20)9-12-10-17-15-7-3-2-6-14(12)15/h2-3,6-7,10,13,17-18H,4-5,8-9,11H2,1H3. The number of nitrogens with one attached hydrogen (secondary N) is 2. The van der Waals surface area contributed by atoms with Crippen LogP contribution in [0.1, 0.15) is 18.4 Å². The minimum Gasteiger partial charge on any atom is -0.361 e. The summed E-state index contributed by atoms with van der Waals surface area (Å²) in [6, 6.07) is 7.70. The lowest BCUT2D eigenvalue weighted by Crippen LogP contribution is -2.49. The fourth-order valence-corrected chi connectivity index (χ4v) is 3.95. The number of hydrogen-bond donors (Lipinski definition) is 2. The van der Waals surface area contributed by atoms with Gasteiger partial charge in [-0.05, 0) is 24.5 Å². The molecule has 23 heavy (non-hydrogen) atoms. The van der Waals surface area contributed by atoms with Crippen LogP contribution in [0.4, 0.5) is 0 Å². The van der Waals surface area contributed by atoms with E-state index in [1.54, 1.807) is 4.90 Å². The molecule has 1 aromatic carbocycles. The first-order chi connectivity index (χ1) is 10.9. The van der Waals surface area contributed by atoms with Crippen molar-refractivity contribution in [3.63, 3.8) is 0 Å². The predicted octanol–water partition coefficient (Wildman–Crippen LogP) is 1.25. The minimum atomic E-state index is -3.24. The molecule has 1 amide bonds. The minimum absolute atomic E-state index is 0.0368. The number of rotatable bonds is 4. The van der Waals surface area contributed by atoms with E-state index in [-0.39, 0.29) is 11.9 Å². The fourth-order valence-electron chi connectivity index (χ4n) is 3.16. The number of benzene rings is 1. The van der Waals surface area contributed by atoms with Crippen LogP contribution in [0.3, 0.4) is 0 Å². The Morgan fingerprint density at radius 1 is 1.39 bits per heavy atom. The first-order valence-corrected chi connectivity index (χ1v) is 9.61. The summed E-state index contributed by atoms with van der Waals surface area (Å²) in [5.41, 5.74) is 1.99. The summed E-state index contributed by atoms with van der Waals surface area (Å²) in [7, 11) is -3.24. The maximum Gasteiger partial charge on any atom is 0.227 e. The molecule has 1 saturated heterocycles. The number of para-hydroxylation sites is 1. The highest BCUT2D eigenvalue weighted by Crippen LogP contribution is 2.20. The largest absolute Gasteiger partial charge is 0.361 e. The van der Waals surface area contributed by atoms with Gasteiger partial charge in [0.1, 0.15) is 0 Å². The van der Waals surface area contributed by atoms with Crippen molar-refractivity contribution in [2.75, 3.05) is 19.3 Å². The van der Waals surface area contributed by atoms with Crippen LogP contribution in [0, 0.1) is 0 Å². The van der Waals surface area contributed by atoms with Crippen LogP contribution in [-0.2, 0) is 21.2 Å². The van der Waals surface area contributed by atoms with Gasteiger partial charge in [-0.2, -0.15) is 0 Å².